The number of methoxy groups -OCH3 is 5. The van der Waals surface area contributed by atoms with E-state index in [0.717, 1.165) is 68.5 Å². The van der Waals surface area contributed by atoms with Crippen LogP contribution in [0.3, 0.4) is 0 Å². The van der Waals surface area contributed by atoms with Gasteiger partial charge in [-0.15, -0.1) is 12.1 Å². The Kier molecular flexibility index (Phi) is 53.5. The summed E-state index contributed by atoms with van der Waals surface area (Å²) in [7, 11) is 7.01. The molecule has 0 saturated carbocycles. The van der Waals surface area contributed by atoms with Crippen LogP contribution in [0.2, 0.25) is 0 Å². The first kappa shape index (κ1) is 119. The van der Waals surface area contributed by atoms with E-state index in [1.807, 2.05) is 160 Å². The molecule has 10 aromatic carbocycles. The molecule has 1 amide bonds. The van der Waals surface area contributed by atoms with E-state index in [2.05, 4.69) is 134 Å². The molecular formula is C93H101B2Br9MgNNaO19S2. The van der Waals surface area contributed by atoms with Crippen molar-refractivity contribution < 1.29 is 135 Å². The van der Waals surface area contributed by atoms with Crippen molar-refractivity contribution in [2.45, 2.75) is 120 Å². The maximum atomic E-state index is 12.5. The van der Waals surface area contributed by atoms with Crippen molar-refractivity contribution in [3.05, 3.63) is 319 Å². The predicted octanol–water partition coefficient (Wildman–Crippen LogP) is 17.3. The Morgan fingerprint density at radius 3 is 0.984 bits per heavy atom. The minimum absolute atomic E-state index is 0. The maximum Gasteiger partial charge on any atom is 2.00 e. The van der Waals surface area contributed by atoms with Crippen LogP contribution in [-0.4, -0.2) is 172 Å². The van der Waals surface area contributed by atoms with Gasteiger partial charge in [0, 0.05) is 96.5 Å². The third-order valence-electron chi connectivity index (χ3n) is 19.6. The molecular weight excluding hydrogens is 2290 g/mol. The predicted molar refractivity (Wildman–Crippen MR) is 531 cm³/mol. The number of hydrogen-bond acceptors (Lipinski definition) is 19. The van der Waals surface area contributed by atoms with Crippen LogP contribution in [-0.2, 0) is 55.5 Å². The van der Waals surface area contributed by atoms with Gasteiger partial charge in [0.15, 0.2) is 33.0 Å². The molecule has 676 valence electrons. The van der Waals surface area contributed by atoms with Crippen molar-refractivity contribution in [2.75, 3.05) is 61.2 Å². The second-order valence-corrected chi connectivity index (χ2v) is 40.9. The van der Waals surface area contributed by atoms with E-state index in [-0.39, 0.29) is 142 Å². The third kappa shape index (κ3) is 36.9. The number of amides is 1. The Morgan fingerprint density at radius 1 is 0.453 bits per heavy atom. The van der Waals surface area contributed by atoms with Gasteiger partial charge in [-0.3, -0.25) is 33.0 Å². The molecule has 2 aliphatic heterocycles. The molecule has 2 aliphatic rings. The van der Waals surface area contributed by atoms with E-state index in [4.69, 9.17) is 47.1 Å². The summed E-state index contributed by atoms with van der Waals surface area (Å²) in [6, 6.07) is 66.1. The number of rotatable bonds is 22. The van der Waals surface area contributed by atoms with Crippen molar-refractivity contribution >= 4 is 214 Å². The van der Waals surface area contributed by atoms with Crippen LogP contribution in [0.15, 0.2) is 235 Å². The minimum Gasteiger partial charge on any atom is -1.00 e. The number of hydroxylamine groups is 2. The number of ether oxygens (including phenoxy) is 5. The van der Waals surface area contributed by atoms with Crippen molar-refractivity contribution in [3.8, 4) is 28.7 Å². The smallest absolute Gasteiger partial charge is 1.00 e. The van der Waals surface area contributed by atoms with E-state index < -0.39 is 34.9 Å². The molecule has 0 N–H and O–H groups in total. The zero-order valence-electron chi connectivity index (χ0n) is 74.9. The minimum atomic E-state index is -3.10. The molecule has 2 fully saturated rings. The fraction of sp³-hybridized carbons (Fsp3) is 0.301. The average Bonchev–Trinajstić information content (AvgIpc) is 1.59. The standard InChI is InChI=1S/C17H17BrO4S.C15H11Br3O2.C15H12Br2O2.C15H13BrO2.C12H24B2O4.C10H12BrNO2.C7H7O.C2H6O2S.BrH.Mg.Na/c1-3-23(20,21)11-12-4-9-15(16(18)10-12)17(19)13-5-7-14(22-2)8-6-13;1-20-11-5-2-9(3-6-11)14(19)12-7-4-10(15(17)18)8-13(12)16;1-19-12-5-3-11(4-6-12)15(18)13-7-2-10(9-16)8-14(13)17;1-10-3-8-13(14(16)9-10)15(17)11-4-6-12(18-2)7-5-11;1-9(2)10(3,4)16-13(15-9)14-17-11(5,6)12(7,8)18-14;1-7-4-5-8(9(11)6-7)10(13)12(2)14-3;1-8-7-5-3-2-4-6-7;1-2-5(3)4;;;/h4-10H,3,11H2,1-2H3;2-8,15H,1H3;2-8H,9H2,1H3;3-9H,1-2H3;1-8H3;4-6H,1-3H3;3-6H,1H3;2H2,1H3,(H,3,4);1H;;/q;;;;;;-1;;;+2;+1/p-2. The van der Waals surface area contributed by atoms with Gasteiger partial charge >= 0.3 is 66.6 Å². The molecule has 0 aromatic heterocycles. The van der Waals surface area contributed by atoms with Crippen molar-refractivity contribution in [1.29, 1.82) is 0 Å². The first-order chi connectivity index (χ1) is 58.8. The summed E-state index contributed by atoms with van der Waals surface area (Å²) in [5, 5.41) is 1.96. The largest absolute Gasteiger partial charge is 2.00 e. The molecule has 12 rings (SSSR count). The van der Waals surface area contributed by atoms with Gasteiger partial charge in [0.05, 0.1) is 80.1 Å². The Bertz CT molecular complexity index is 5320. The number of ketones is 4. The van der Waals surface area contributed by atoms with E-state index in [0.29, 0.717) is 65.9 Å². The fourth-order valence-electron chi connectivity index (χ4n) is 10.8. The van der Waals surface area contributed by atoms with Gasteiger partial charge in [0.2, 0.25) is 0 Å². The molecule has 0 spiro atoms. The summed E-state index contributed by atoms with van der Waals surface area (Å²) in [4.78, 5) is 66.2. The molecule has 0 radical (unpaired) electrons. The molecule has 0 bridgehead atoms. The van der Waals surface area contributed by atoms with Gasteiger partial charge in [0.25, 0.3) is 5.91 Å². The normalized spacial score (nSPS) is 13.4. The van der Waals surface area contributed by atoms with Gasteiger partial charge in [-0.05, 0) is 271 Å². The Balaban J connectivity index is 0.000000505. The fourth-order valence-corrected chi connectivity index (χ4v) is 15.7. The molecule has 1 atom stereocenters. The Labute approximate surface area is 873 Å². The van der Waals surface area contributed by atoms with E-state index in [1.165, 1.54) is 12.2 Å². The monoisotopic (exact) mass is 2380 g/mol. The molecule has 128 heavy (non-hydrogen) atoms. The molecule has 2 saturated heterocycles. The first-order valence-electron chi connectivity index (χ1n) is 38.6. The molecule has 20 nitrogen and oxygen atoms in total. The zero-order chi connectivity index (χ0) is 93.5. The average molecular weight is 2390 g/mol. The first-order valence-corrected chi connectivity index (χ1v) is 48.6. The van der Waals surface area contributed by atoms with Crippen LogP contribution >= 0.6 is 127 Å². The van der Waals surface area contributed by atoms with Crippen molar-refractivity contribution in [2.24, 2.45) is 0 Å². The number of carbonyl (C=O) groups excluding carboxylic acids is 5. The SMILES string of the molecule is CC1(C)OB(B2OC(C)(C)C(C)(C)O2)OC1(C)C.CCS(=O)(=O)Cc1ccc(C(=O)c2ccc(OC)cc2)c(Br)c1.CCS(=O)[O-].CON(C)C(=O)c1ccc(C)cc1Br.COc1cc[c-]cc1.COc1ccc(C(=O)c2ccc(C(Br)Br)cc2Br)cc1.COc1ccc(C(=O)c2ccc(C)cc2Br)cc1.COc1ccc(C(=O)c2ccc(CBr)cc2Br)cc1.[Br-].[Mg+2].[Na+]. The van der Waals surface area contributed by atoms with Crippen LogP contribution in [0.25, 0.3) is 0 Å². The van der Waals surface area contributed by atoms with Gasteiger partial charge in [-0.1, -0.05) is 167 Å². The topological polar surface area (TPSA) is 255 Å². The molecule has 0 aliphatic carbocycles. The number of sulfone groups is 1. The summed E-state index contributed by atoms with van der Waals surface area (Å²) in [5.41, 5.74) is 9.15. The van der Waals surface area contributed by atoms with Gasteiger partial charge in [0.1, 0.15) is 23.0 Å². The van der Waals surface area contributed by atoms with E-state index in [9.17, 15) is 41.2 Å². The number of aryl methyl sites for hydroxylation is 2. The number of alkyl halides is 3. The zero-order valence-corrected chi connectivity index (χ0v) is 94.2. The Hall–Kier alpha value is -4.57. The summed E-state index contributed by atoms with van der Waals surface area (Å²) in [5.74, 6) is 3.74. The molecule has 1 unspecified atom stereocenters. The maximum absolute atomic E-state index is 12.5. The summed E-state index contributed by atoms with van der Waals surface area (Å²) in [6.07, 6.45) is 0. The van der Waals surface area contributed by atoms with Crippen LogP contribution in [0.5, 0.6) is 28.7 Å². The van der Waals surface area contributed by atoms with Crippen LogP contribution in [0.4, 0.5) is 0 Å². The number of benzene rings is 10. The van der Waals surface area contributed by atoms with Crippen LogP contribution in [0, 0.1) is 19.9 Å². The quantitative estimate of drug-likeness (QED) is 0.0153. The second kappa shape index (κ2) is 57.3. The van der Waals surface area contributed by atoms with Crippen LogP contribution in [0.1, 0.15) is 175 Å². The third-order valence-corrected chi connectivity index (χ3v) is 26.8. The molecule has 10 aromatic rings. The van der Waals surface area contributed by atoms with Crippen LogP contribution < -0.4 is 70.2 Å². The summed E-state index contributed by atoms with van der Waals surface area (Å²) < 4.78 is 95.0. The Morgan fingerprint density at radius 2 is 0.727 bits per heavy atom. The second-order valence-electron chi connectivity index (χ2n) is 29.4. The van der Waals surface area contributed by atoms with Gasteiger partial charge < -0.3 is 63.8 Å². The van der Waals surface area contributed by atoms with Gasteiger partial charge in [-0.25, -0.2) is 13.5 Å². The number of hydrogen-bond donors (Lipinski definition) is 0. The molecule has 35 heteroatoms. The number of nitrogens with zero attached hydrogens (tertiary/aromatic N) is 1. The number of carbonyl (C=O) groups is 5. The van der Waals surface area contributed by atoms with E-state index >= 15 is 0 Å². The van der Waals surface area contributed by atoms with E-state index in [1.54, 1.807) is 178 Å². The number of halogens is 9. The van der Waals surface area contributed by atoms with Crippen molar-refractivity contribution in [1.82, 2.24) is 5.06 Å². The summed E-state index contributed by atoms with van der Waals surface area (Å²) in [6.45, 7) is 23.4. The van der Waals surface area contributed by atoms with Crippen molar-refractivity contribution in [3.63, 3.8) is 0 Å². The summed E-state index contributed by atoms with van der Waals surface area (Å²) >= 11 is 25.5. The molecule has 2 heterocycles. The van der Waals surface area contributed by atoms with Gasteiger partial charge in [-0.2, -0.15) is 18.2 Å².